The molecule has 2 fully saturated rings. The summed E-state index contributed by atoms with van der Waals surface area (Å²) in [4.78, 5) is 16.1. The van der Waals surface area contributed by atoms with Gasteiger partial charge in [-0.25, -0.2) is 19.5 Å². The zero-order valence-corrected chi connectivity index (χ0v) is 15.9. The highest BCUT2D eigenvalue weighted by atomic mass is 16.5. The molecule has 1 aromatic heterocycles. The lowest BCUT2D eigenvalue weighted by atomic mass is 9.86. The smallest absolute Gasteiger partial charge is 0.182 e. The van der Waals surface area contributed by atoms with Crippen molar-refractivity contribution in [2.45, 2.75) is 24.9 Å². The molecule has 6 heteroatoms. The van der Waals surface area contributed by atoms with E-state index in [2.05, 4.69) is 56.1 Å². The van der Waals surface area contributed by atoms with E-state index < -0.39 is 0 Å². The van der Waals surface area contributed by atoms with E-state index in [0.717, 1.165) is 61.9 Å². The predicted octanol–water partition coefficient (Wildman–Crippen LogP) is 2.79. The molecule has 2 aromatic rings. The summed E-state index contributed by atoms with van der Waals surface area (Å²) in [6.45, 7) is 2.84. The van der Waals surface area contributed by atoms with Crippen LogP contribution in [0.4, 0.5) is 11.5 Å². The second-order valence-electron chi connectivity index (χ2n) is 8.14. The first kappa shape index (κ1) is 16.1. The number of ether oxygens (including phenoxy) is 1. The van der Waals surface area contributed by atoms with Crippen LogP contribution in [0, 0.1) is 0 Å². The Balaban J connectivity index is 1.27. The van der Waals surface area contributed by atoms with Crippen LogP contribution in [0.25, 0.3) is 5.57 Å². The molecule has 5 heterocycles. The Kier molecular flexibility index (Phi) is 3.35. The van der Waals surface area contributed by atoms with Crippen molar-refractivity contribution in [2.75, 3.05) is 31.6 Å². The molecular formula is C22H22N5O+. The van der Waals surface area contributed by atoms with Gasteiger partial charge in [0, 0.05) is 31.1 Å². The summed E-state index contributed by atoms with van der Waals surface area (Å²) < 4.78 is 7.97. The highest BCUT2D eigenvalue weighted by molar-refractivity contribution is 6.22. The minimum absolute atomic E-state index is 0.0546. The van der Waals surface area contributed by atoms with Crippen LogP contribution in [-0.2, 0) is 4.74 Å². The standard InChI is InChI=1S/C22H22N5O/c1-26-11-16(12-26)15-3-4-18-17(9-15)21(25-18)19-10-20(24-14-23-19)27-7-2-5-22(13-27)6-8-28-22/h3-4,9-12,14H,2,5-8,13H2,1H3/q+1. The maximum atomic E-state index is 5.91. The lowest BCUT2D eigenvalue weighted by Gasteiger charge is -2.48. The van der Waals surface area contributed by atoms with Crippen LogP contribution in [0.15, 0.2) is 41.8 Å². The van der Waals surface area contributed by atoms with Gasteiger partial charge < -0.3 is 9.64 Å². The normalized spacial score (nSPS) is 25.0. The van der Waals surface area contributed by atoms with Gasteiger partial charge in [-0.15, -0.1) is 0 Å². The first-order valence-corrected chi connectivity index (χ1v) is 9.93. The fraction of sp³-hybridized carbons (Fsp3) is 0.364. The van der Waals surface area contributed by atoms with Crippen LogP contribution in [0.1, 0.15) is 36.1 Å². The van der Waals surface area contributed by atoms with E-state index in [4.69, 9.17) is 9.73 Å². The Morgan fingerprint density at radius 2 is 2.07 bits per heavy atom. The van der Waals surface area contributed by atoms with E-state index in [9.17, 15) is 0 Å². The zero-order valence-electron chi connectivity index (χ0n) is 15.9. The molecule has 0 radical (unpaired) electrons. The summed E-state index contributed by atoms with van der Waals surface area (Å²) in [6, 6.07) is 8.51. The van der Waals surface area contributed by atoms with Gasteiger partial charge in [-0.3, -0.25) is 0 Å². The quantitative estimate of drug-likeness (QED) is 0.664. The van der Waals surface area contributed by atoms with E-state index in [0.29, 0.717) is 0 Å². The van der Waals surface area contributed by atoms with Crippen molar-refractivity contribution in [3.8, 4) is 0 Å². The number of piperidine rings is 1. The summed E-state index contributed by atoms with van der Waals surface area (Å²) in [5, 5.41) is 0. The average Bonchev–Trinajstić information content (AvgIpc) is 2.66. The van der Waals surface area contributed by atoms with Gasteiger partial charge in [0.1, 0.15) is 24.8 Å². The number of aliphatic imine (C=N–C) groups is 1. The molecule has 140 valence electrons. The summed E-state index contributed by atoms with van der Waals surface area (Å²) in [6.07, 6.45) is 9.39. The van der Waals surface area contributed by atoms with E-state index >= 15 is 0 Å². The third-order valence-electron chi connectivity index (χ3n) is 6.23. The minimum Gasteiger partial charge on any atom is -0.373 e. The number of rotatable bonds is 3. The van der Waals surface area contributed by atoms with E-state index in [1.54, 1.807) is 6.33 Å². The van der Waals surface area contributed by atoms with Crippen molar-refractivity contribution < 1.29 is 9.31 Å². The number of hydrogen-bond acceptors (Lipinski definition) is 5. The van der Waals surface area contributed by atoms with E-state index in [-0.39, 0.29) is 5.60 Å². The highest BCUT2D eigenvalue weighted by Crippen LogP contribution is 2.38. The Hall–Kier alpha value is -2.86. The fourth-order valence-corrected chi connectivity index (χ4v) is 4.56. The maximum Gasteiger partial charge on any atom is 0.182 e. The van der Waals surface area contributed by atoms with Crippen molar-refractivity contribution >= 4 is 29.0 Å². The summed E-state index contributed by atoms with van der Waals surface area (Å²) in [7, 11) is 2.04. The number of anilines is 1. The van der Waals surface area contributed by atoms with Gasteiger partial charge in [0.05, 0.1) is 29.3 Å². The van der Waals surface area contributed by atoms with Crippen LogP contribution in [-0.4, -0.2) is 58.8 Å². The summed E-state index contributed by atoms with van der Waals surface area (Å²) in [5.74, 6) is 0.975. The fourth-order valence-electron chi connectivity index (χ4n) is 4.56. The molecule has 4 aliphatic rings. The Morgan fingerprint density at radius 1 is 1.18 bits per heavy atom. The molecule has 0 N–H and O–H groups in total. The highest BCUT2D eigenvalue weighted by Gasteiger charge is 2.42. The SMILES string of the molecule is C[N+]1=CC(c2ccc3c(c2)C(c2cc(N4CCCC5(CCO5)C4)ncn2)=N3)=C1. The number of hydrogen-bond donors (Lipinski definition) is 0. The van der Waals surface area contributed by atoms with Gasteiger partial charge in [-0.1, -0.05) is 6.07 Å². The van der Waals surface area contributed by atoms with Crippen LogP contribution < -0.4 is 4.90 Å². The zero-order chi connectivity index (χ0) is 18.7. The molecule has 1 spiro atoms. The Morgan fingerprint density at radius 3 is 2.86 bits per heavy atom. The minimum atomic E-state index is 0.0546. The average molecular weight is 372 g/mol. The van der Waals surface area contributed by atoms with Crippen molar-refractivity contribution in [3.63, 3.8) is 0 Å². The molecule has 0 aliphatic carbocycles. The van der Waals surface area contributed by atoms with Gasteiger partial charge in [0.25, 0.3) is 0 Å². The molecule has 6 rings (SSSR count). The molecular weight excluding hydrogens is 350 g/mol. The molecule has 0 bridgehead atoms. The van der Waals surface area contributed by atoms with Crippen molar-refractivity contribution in [1.29, 1.82) is 0 Å². The van der Waals surface area contributed by atoms with Crippen LogP contribution in [0.2, 0.25) is 0 Å². The molecule has 2 saturated heterocycles. The van der Waals surface area contributed by atoms with Gasteiger partial charge >= 0.3 is 0 Å². The third kappa shape index (κ3) is 2.44. The molecule has 0 amide bonds. The van der Waals surface area contributed by atoms with Crippen molar-refractivity contribution in [3.05, 3.63) is 53.6 Å². The third-order valence-corrected chi connectivity index (χ3v) is 6.23. The second kappa shape index (κ2) is 5.82. The van der Waals surface area contributed by atoms with Crippen LogP contribution in [0.5, 0.6) is 0 Å². The number of fused-ring (bicyclic) bond motifs is 1. The van der Waals surface area contributed by atoms with E-state index in [1.807, 2.05) is 7.05 Å². The van der Waals surface area contributed by atoms with Gasteiger partial charge in [-0.05, 0) is 30.5 Å². The summed E-state index contributed by atoms with van der Waals surface area (Å²) >= 11 is 0. The molecule has 28 heavy (non-hydrogen) atoms. The van der Waals surface area contributed by atoms with Crippen LogP contribution in [0.3, 0.4) is 0 Å². The first-order valence-electron chi connectivity index (χ1n) is 9.93. The van der Waals surface area contributed by atoms with Gasteiger partial charge in [0.2, 0.25) is 0 Å². The topological polar surface area (TPSA) is 53.6 Å². The molecule has 1 unspecified atom stereocenters. The second-order valence-corrected chi connectivity index (χ2v) is 8.14. The van der Waals surface area contributed by atoms with Crippen LogP contribution >= 0.6 is 0 Å². The van der Waals surface area contributed by atoms with Gasteiger partial charge in [0.15, 0.2) is 12.4 Å². The first-order chi connectivity index (χ1) is 13.7. The van der Waals surface area contributed by atoms with Crippen molar-refractivity contribution in [2.24, 2.45) is 4.99 Å². The van der Waals surface area contributed by atoms with E-state index in [1.165, 1.54) is 16.7 Å². The van der Waals surface area contributed by atoms with Crippen molar-refractivity contribution in [1.82, 2.24) is 9.97 Å². The maximum absolute atomic E-state index is 5.91. The Bertz CT molecular complexity index is 1080. The number of nitrogens with zero attached hydrogens (tertiary/aromatic N) is 5. The largest absolute Gasteiger partial charge is 0.373 e. The predicted molar refractivity (Wildman–Crippen MR) is 109 cm³/mol. The lowest BCUT2D eigenvalue weighted by molar-refractivity contribution is -0.423. The molecule has 4 aliphatic heterocycles. The molecule has 1 atom stereocenters. The van der Waals surface area contributed by atoms with Gasteiger partial charge in [-0.2, -0.15) is 0 Å². The Labute approximate surface area is 163 Å². The lowest BCUT2D eigenvalue weighted by Crippen LogP contribution is -2.56. The molecule has 1 aromatic carbocycles. The summed E-state index contributed by atoms with van der Waals surface area (Å²) in [5.41, 5.74) is 6.58. The number of aromatic nitrogens is 2. The number of allylic oxidation sites excluding steroid dienone is 1. The number of benzene rings is 1. The molecule has 6 nitrogen and oxygen atoms in total. The molecule has 0 saturated carbocycles. The monoisotopic (exact) mass is 372 g/mol.